The van der Waals surface area contributed by atoms with Crippen molar-refractivity contribution in [3.05, 3.63) is 71.9 Å². The number of primary amides is 1. The van der Waals surface area contributed by atoms with E-state index in [4.69, 9.17) is 11.5 Å². The van der Waals surface area contributed by atoms with Crippen molar-refractivity contribution >= 4 is 40.5 Å². The highest BCUT2D eigenvalue weighted by atomic mass is 16.4. The van der Waals surface area contributed by atoms with Gasteiger partial charge in [-0.2, -0.15) is 0 Å². The van der Waals surface area contributed by atoms with Crippen LogP contribution in [0.4, 0.5) is 0 Å². The molecule has 0 saturated carbocycles. The molecule has 4 unspecified atom stereocenters. The van der Waals surface area contributed by atoms with E-state index in [9.17, 15) is 29.1 Å². The van der Waals surface area contributed by atoms with E-state index in [0.717, 1.165) is 16.5 Å². The van der Waals surface area contributed by atoms with Gasteiger partial charge in [0.25, 0.3) is 0 Å². The number of carbonyl (C=O) groups is 5. The molecule has 4 amide bonds. The summed E-state index contributed by atoms with van der Waals surface area (Å²) in [5.41, 5.74) is 13.6. The van der Waals surface area contributed by atoms with Crippen molar-refractivity contribution in [3.8, 4) is 0 Å². The van der Waals surface area contributed by atoms with E-state index in [-0.39, 0.29) is 31.6 Å². The summed E-state index contributed by atoms with van der Waals surface area (Å²) in [6.07, 6.45) is 1.75. The minimum Gasteiger partial charge on any atom is -0.480 e. The highest BCUT2D eigenvalue weighted by Gasteiger charge is 2.31. The fourth-order valence-corrected chi connectivity index (χ4v) is 4.77. The van der Waals surface area contributed by atoms with Crippen LogP contribution in [0.15, 0.2) is 60.8 Å². The monoisotopic (exact) mass is 592 g/mol. The van der Waals surface area contributed by atoms with Crippen LogP contribution in [-0.4, -0.2) is 63.9 Å². The zero-order valence-electron chi connectivity index (χ0n) is 24.3. The first-order valence-corrected chi connectivity index (χ1v) is 14.2. The van der Waals surface area contributed by atoms with E-state index in [0.29, 0.717) is 12.0 Å². The summed E-state index contributed by atoms with van der Waals surface area (Å²) < 4.78 is 0. The SMILES string of the molecule is CC(C)CC(N)C(=O)NC(Cc1ccccc1)C(=O)NC(CCC(N)=O)C(=O)NC(Cc1c[nH]c2ccccc12)C(=O)O. The largest absolute Gasteiger partial charge is 0.480 e. The summed E-state index contributed by atoms with van der Waals surface area (Å²) in [5, 5.41) is 18.5. The number of fused-ring (bicyclic) bond motifs is 1. The Morgan fingerprint density at radius 3 is 2.07 bits per heavy atom. The Balaban J connectivity index is 1.79. The molecule has 0 spiro atoms. The second kappa shape index (κ2) is 15.5. The second-order valence-electron chi connectivity index (χ2n) is 11.0. The molecule has 9 N–H and O–H groups in total. The van der Waals surface area contributed by atoms with Crippen LogP contribution in [0, 0.1) is 5.92 Å². The number of carboxylic acid groups (broad SMARTS) is 1. The maximum absolute atomic E-state index is 13.5. The third kappa shape index (κ3) is 9.96. The van der Waals surface area contributed by atoms with Crippen LogP contribution in [0.2, 0.25) is 0 Å². The number of H-pyrrole nitrogens is 1. The van der Waals surface area contributed by atoms with Crippen molar-refractivity contribution < 1.29 is 29.1 Å². The Labute approximate surface area is 250 Å². The quantitative estimate of drug-likeness (QED) is 0.129. The van der Waals surface area contributed by atoms with Gasteiger partial charge in [0, 0.05) is 36.4 Å². The van der Waals surface area contributed by atoms with Crippen molar-refractivity contribution in [2.45, 2.75) is 70.1 Å². The van der Waals surface area contributed by atoms with Gasteiger partial charge in [-0.05, 0) is 36.0 Å². The number of rotatable bonds is 16. The summed E-state index contributed by atoms with van der Waals surface area (Å²) in [7, 11) is 0. The molecule has 3 rings (SSSR count). The van der Waals surface area contributed by atoms with Gasteiger partial charge >= 0.3 is 5.97 Å². The number of nitrogens with two attached hydrogens (primary N) is 2. The first-order chi connectivity index (χ1) is 20.4. The van der Waals surface area contributed by atoms with Crippen molar-refractivity contribution in [2.24, 2.45) is 17.4 Å². The molecule has 2 aromatic carbocycles. The second-order valence-corrected chi connectivity index (χ2v) is 11.0. The fraction of sp³-hybridized carbons (Fsp3) is 0.387. The number of hydrogen-bond donors (Lipinski definition) is 7. The summed E-state index contributed by atoms with van der Waals surface area (Å²) in [4.78, 5) is 66.5. The molecule has 0 aliphatic carbocycles. The average Bonchev–Trinajstić information content (AvgIpc) is 3.37. The molecule has 0 radical (unpaired) electrons. The van der Waals surface area contributed by atoms with Crippen LogP contribution < -0.4 is 27.4 Å². The number of hydrogen-bond acceptors (Lipinski definition) is 6. The summed E-state index contributed by atoms with van der Waals surface area (Å²) >= 11 is 0. The van der Waals surface area contributed by atoms with Crippen LogP contribution in [0.5, 0.6) is 0 Å². The summed E-state index contributed by atoms with van der Waals surface area (Å²) in [6, 6.07) is 11.8. The third-order valence-corrected chi connectivity index (χ3v) is 7.00. The van der Waals surface area contributed by atoms with Gasteiger partial charge in [-0.3, -0.25) is 19.2 Å². The third-order valence-electron chi connectivity index (χ3n) is 7.00. The number of aromatic nitrogens is 1. The normalized spacial score (nSPS) is 14.0. The molecule has 0 saturated heterocycles. The average molecular weight is 593 g/mol. The summed E-state index contributed by atoms with van der Waals surface area (Å²) in [6.45, 7) is 3.85. The minimum absolute atomic E-state index is 0.0258. The van der Waals surface area contributed by atoms with Crippen LogP contribution in [0.25, 0.3) is 10.9 Å². The van der Waals surface area contributed by atoms with Crippen molar-refractivity contribution in [1.29, 1.82) is 0 Å². The molecular formula is C31H40N6O6. The molecule has 1 heterocycles. The van der Waals surface area contributed by atoms with Crippen LogP contribution >= 0.6 is 0 Å². The van der Waals surface area contributed by atoms with Gasteiger partial charge in [0.05, 0.1) is 6.04 Å². The lowest BCUT2D eigenvalue weighted by Crippen LogP contribution is -2.58. The predicted octanol–water partition coefficient (Wildman–Crippen LogP) is 1.13. The van der Waals surface area contributed by atoms with E-state index in [1.165, 1.54) is 0 Å². The standard InChI is InChI=1S/C31H40N6O6/c1-18(2)14-22(32)28(39)36-25(15-19-8-4-3-5-9-19)30(41)35-24(12-13-27(33)38)29(40)37-26(31(42)43)16-20-17-34-23-11-7-6-10-21(20)23/h3-11,17-18,22,24-26,34H,12-16,32H2,1-2H3,(H2,33,38)(H,35,41)(H,36,39)(H,37,40)(H,42,43). The number of aliphatic carboxylic acids is 1. The molecule has 12 heteroatoms. The zero-order valence-corrected chi connectivity index (χ0v) is 24.3. The van der Waals surface area contributed by atoms with Gasteiger partial charge in [0.2, 0.25) is 23.6 Å². The minimum atomic E-state index is -1.33. The van der Waals surface area contributed by atoms with E-state index >= 15 is 0 Å². The molecule has 0 aliphatic heterocycles. The lowest BCUT2D eigenvalue weighted by molar-refractivity contribution is -0.142. The molecule has 3 aromatic rings. The molecule has 4 atom stereocenters. The maximum atomic E-state index is 13.5. The smallest absolute Gasteiger partial charge is 0.326 e. The van der Waals surface area contributed by atoms with Gasteiger partial charge in [-0.15, -0.1) is 0 Å². The maximum Gasteiger partial charge on any atom is 0.326 e. The van der Waals surface area contributed by atoms with Gasteiger partial charge < -0.3 is 37.5 Å². The lowest BCUT2D eigenvalue weighted by Gasteiger charge is -2.25. The first kappa shape index (κ1) is 32.8. The zero-order chi connectivity index (χ0) is 31.5. The molecule has 12 nitrogen and oxygen atoms in total. The van der Waals surface area contributed by atoms with Crippen LogP contribution in [0.1, 0.15) is 44.2 Å². The Kier molecular flexibility index (Phi) is 11.8. The first-order valence-electron chi connectivity index (χ1n) is 14.2. The lowest BCUT2D eigenvalue weighted by atomic mass is 10.0. The van der Waals surface area contributed by atoms with Crippen molar-refractivity contribution in [3.63, 3.8) is 0 Å². The van der Waals surface area contributed by atoms with Gasteiger partial charge in [-0.25, -0.2) is 4.79 Å². The Morgan fingerprint density at radius 2 is 1.42 bits per heavy atom. The molecule has 230 valence electrons. The van der Waals surface area contributed by atoms with E-state index < -0.39 is 53.8 Å². The molecule has 0 fully saturated rings. The Morgan fingerprint density at radius 1 is 0.814 bits per heavy atom. The molecule has 0 bridgehead atoms. The number of para-hydroxylation sites is 1. The number of carbonyl (C=O) groups excluding carboxylic acids is 4. The Hall–Kier alpha value is -4.71. The number of carboxylic acids is 1. The highest BCUT2D eigenvalue weighted by Crippen LogP contribution is 2.19. The predicted molar refractivity (Wildman–Crippen MR) is 161 cm³/mol. The van der Waals surface area contributed by atoms with Gasteiger partial charge in [0.1, 0.15) is 18.1 Å². The number of benzene rings is 2. The highest BCUT2D eigenvalue weighted by molar-refractivity contribution is 5.94. The van der Waals surface area contributed by atoms with Crippen molar-refractivity contribution in [1.82, 2.24) is 20.9 Å². The van der Waals surface area contributed by atoms with E-state index in [1.807, 2.05) is 44.2 Å². The van der Waals surface area contributed by atoms with Gasteiger partial charge in [-0.1, -0.05) is 62.4 Å². The topological polar surface area (TPSA) is 209 Å². The van der Waals surface area contributed by atoms with Crippen LogP contribution in [-0.2, 0) is 36.8 Å². The van der Waals surface area contributed by atoms with E-state index in [2.05, 4.69) is 20.9 Å². The summed E-state index contributed by atoms with van der Waals surface area (Å²) in [5.74, 6) is -3.84. The number of amides is 4. The van der Waals surface area contributed by atoms with Crippen LogP contribution in [0.3, 0.4) is 0 Å². The van der Waals surface area contributed by atoms with E-state index in [1.54, 1.807) is 30.5 Å². The fourth-order valence-electron chi connectivity index (χ4n) is 4.77. The molecule has 43 heavy (non-hydrogen) atoms. The molecule has 0 aliphatic rings. The Bertz CT molecular complexity index is 1420. The molecule has 1 aromatic heterocycles. The van der Waals surface area contributed by atoms with Gasteiger partial charge in [0.15, 0.2) is 0 Å². The number of nitrogens with one attached hydrogen (secondary N) is 4. The number of aromatic amines is 1. The van der Waals surface area contributed by atoms with Crippen molar-refractivity contribution in [2.75, 3.05) is 0 Å². The molecular weight excluding hydrogens is 552 g/mol.